The fourth-order valence-electron chi connectivity index (χ4n) is 3.07. The number of hydrogen-bond donors (Lipinski definition) is 4. The van der Waals surface area contributed by atoms with Crippen molar-refractivity contribution in [2.45, 2.75) is 62.6 Å². The van der Waals surface area contributed by atoms with Crippen LogP contribution in [0.2, 0.25) is 5.02 Å². The van der Waals surface area contributed by atoms with Gasteiger partial charge in [-0.25, -0.2) is 4.98 Å². The molecule has 3 rings (SSSR count). The van der Waals surface area contributed by atoms with Crippen LogP contribution in [-0.4, -0.2) is 44.5 Å². The van der Waals surface area contributed by atoms with E-state index in [9.17, 15) is 10.2 Å². The number of aliphatic hydroxyl groups is 2. The van der Waals surface area contributed by atoms with Gasteiger partial charge in [-0.2, -0.15) is 4.98 Å². The van der Waals surface area contributed by atoms with Crippen LogP contribution in [0.4, 0.5) is 11.8 Å². The van der Waals surface area contributed by atoms with Crippen molar-refractivity contribution in [1.82, 2.24) is 9.97 Å². The summed E-state index contributed by atoms with van der Waals surface area (Å²) >= 11 is 6.11. The minimum Gasteiger partial charge on any atom is -0.390 e. The number of anilines is 2. The zero-order chi connectivity index (χ0) is 16.3. The van der Waals surface area contributed by atoms with Gasteiger partial charge >= 0.3 is 0 Å². The summed E-state index contributed by atoms with van der Waals surface area (Å²) in [7, 11) is 0. The molecule has 2 aliphatic rings. The topological polar surface area (TPSA) is 90.3 Å². The smallest absolute Gasteiger partial charge is 0.224 e. The van der Waals surface area contributed by atoms with Gasteiger partial charge in [0.15, 0.2) is 0 Å². The normalized spacial score (nSPS) is 21.2. The molecule has 0 spiro atoms. The van der Waals surface area contributed by atoms with Crippen LogP contribution in [0, 0.1) is 0 Å². The molecule has 2 saturated carbocycles. The van der Waals surface area contributed by atoms with Crippen molar-refractivity contribution in [1.29, 1.82) is 0 Å². The Labute approximate surface area is 141 Å². The molecule has 0 atom stereocenters. The van der Waals surface area contributed by atoms with Crippen molar-refractivity contribution in [3.8, 4) is 0 Å². The number of hydrogen-bond acceptors (Lipinski definition) is 6. The number of halogens is 1. The fraction of sp³-hybridized carbons (Fsp3) is 0.750. The summed E-state index contributed by atoms with van der Waals surface area (Å²) in [6, 6.07) is 0. The minimum absolute atomic E-state index is 0.466. The highest BCUT2D eigenvalue weighted by atomic mass is 35.5. The first kappa shape index (κ1) is 16.7. The second kappa shape index (κ2) is 6.79. The molecule has 2 fully saturated rings. The molecule has 1 heterocycles. The van der Waals surface area contributed by atoms with Gasteiger partial charge in [0.05, 0.1) is 17.4 Å². The van der Waals surface area contributed by atoms with E-state index in [1.165, 1.54) is 0 Å². The maximum atomic E-state index is 10.1. The molecule has 0 radical (unpaired) electrons. The maximum Gasteiger partial charge on any atom is 0.224 e. The third-order valence-corrected chi connectivity index (χ3v) is 5.35. The molecular weight excluding hydrogens is 316 g/mol. The highest BCUT2D eigenvalue weighted by Crippen LogP contribution is 2.35. The largest absolute Gasteiger partial charge is 0.390 e. The van der Waals surface area contributed by atoms with Gasteiger partial charge in [-0.15, -0.1) is 0 Å². The van der Waals surface area contributed by atoms with Gasteiger partial charge < -0.3 is 20.8 Å². The van der Waals surface area contributed by atoms with Crippen LogP contribution in [0.15, 0.2) is 6.20 Å². The van der Waals surface area contributed by atoms with Gasteiger partial charge in [0.2, 0.25) is 5.95 Å². The average molecular weight is 341 g/mol. The van der Waals surface area contributed by atoms with E-state index in [-0.39, 0.29) is 0 Å². The molecule has 23 heavy (non-hydrogen) atoms. The van der Waals surface area contributed by atoms with E-state index in [2.05, 4.69) is 20.6 Å². The van der Waals surface area contributed by atoms with Gasteiger partial charge in [0.1, 0.15) is 10.8 Å². The highest BCUT2D eigenvalue weighted by molar-refractivity contribution is 6.32. The molecular formula is C16H25ClN4O2. The van der Waals surface area contributed by atoms with Crippen molar-refractivity contribution in [3.05, 3.63) is 11.2 Å². The third-order valence-electron chi connectivity index (χ3n) is 5.07. The first-order valence-electron chi connectivity index (χ1n) is 8.43. The summed E-state index contributed by atoms with van der Waals surface area (Å²) in [4.78, 5) is 8.53. The quantitative estimate of drug-likeness (QED) is 0.581. The lowest BCUT2D eigenvalue weighted by molar-refractivity contribution is -0.0374. The third kappa shape index (κ3) is 4.25. The molecule has 128 valence electrons. The predicted molar refractivity (Wildman–Crippen MR) is 90.9 cm³/mol. The van der Waals surface area contributed by atoms with Crippen LogP contribution in [0.25, 0.3) is 0 Å². The lowest BCUT2D eigenvalue weighted by Gasteiger charge is -2.36. The maximum absolute atomic E-state index is 10.1. The number of nitrogens with zero attached hydrogens (tertiary/aromatic N) is 2. The number of aromatic nitrogens is 2. The molecule has 0 saturated heterocycles. The van der Waals surface area contributed by atoms with E-state index in [1.54, 1.807) is 6.20 Å². The van der Waals surface area contributed by atoms with Gasteiger partial charge in [0.25, 0.3) is 0 Å². The van der Waals surface area contributed by atoms with Crippen LogP contribution in [0.5, 0.6) is 0 Å². The first-order valence-corrected chi connectivity index (χ1v) is 8.81. The first-order chi connectivity index (χ1) is 11.0. The van der Waals surface area contributed by atoms with Gasteiger partial charge in [-0.3, -0.25) is 0 Å². The summed E-state index contributed by atoms with van der Waals surface area (Å²) in [5.74, 6) is 1.08. The van der Waals surface area contributed by atoms with E-state index in [4.69, 9.17) is 11.6 Å². The molecule has 7 heteroatoms. The summed E-state index contributed by atoms with van der Waals surface area (Å²) in [6.07, 6.45) is 8.69. The summed E-state index contributed by atoms with van der Waals surface area (Å²) in [5.41, 5.74) is -1.01. The van der Waals surface area contributed by atoms with Crippen molar-refractivity contribution in [2.75, 3.05) is 23.7 Å². The molecule has 0 unspecified atom stereocenters. The highest BCUT2D eigenvalue weighted by Gasteiger charge is 2.34. The van der Waals surface area contributed by atoms with Crippen LogP contribution < -0.4 is 10.6 Å². The molecule has 0 aromatic carbocycles. The average Bonchev–Trinajstić information content (AvgIpc) is 2.46. The fourth-order valence-corrected chi connectivity index (χ4v) is 3.22. The molecule has 2 aliphatic carbocycles. The second-order valence-electron chi connectivity index (χ2n) is 6.90. The Morgan fingerprint density at radius 2 is 1.57 bits per heavy atom. The van der Waals surface area contributed by atoms with Gasteiger partial charge in [0, 0.05) is 13.1 Å². The summed E-state index contributed by atoms with van der Waals surface area (Å²) < 4.78 is 0. The van der Waals surface area contributed by atoms with Crippen molar-refractivity contribution in [2.24, 2.45) is 0 Å². The summed E-state index contributed by atoms with van der Waals surface area (Å²) in [6.45, 7) is 1.27. The molecule has 0 aliphatic heterocycles. The van der Waals surface area contributed by atoms with E-state index in [0.717, 1.165) is 38.5 Å². The van der Waals surface area contributed by atoms with Gasteiger partial charge in [-0.05, 0) is 51.4 Å². The van der Waals surface area contributed by atoms with Crippen LogP contribution >= 0.6 is 11.6 Å². The van der Waals surface area contributed by atoms with Crippen LogP contribution in [0.1, 0.15) is 51.4 Å². The molecule has 0 amide bonds. The van der Waals surface area contributed by atoms with E-state index in [0.29, 0.717) is 42.7 Å². The zero-order valence-corrected chi connectivity index (χ0v) is 14.1. The molecule has 1 aromatic heterocycles. The lowest BCUT2D eigenvalue weighted by Crippen LogP contribution is -2.38. The Kier molecular flexibility index (Phi) is 4.94. The van der Waals surface area contributed by atoms with Gasteiger partial charge in [-0.1, -0.05) is 11.6 Å². The zero-order valence-electron chi connectivity index (χ0n) is 13.3. The van der Waals surface area contributed by atoms with E-state index >= 15 is 0 Å². The SMILES string of the molecule is OC1(CCNc2ncc(Cl)c(NCCC3(O)CCC3)n2)CCC1. The Bertz CT molecular complexity index is 547. The van der Waals surface area contributed by atoms with Crippen molar-refractivity contribution < 1.29 is 10.2 Å². The van der Waals surface area contributed by atoms with E-state index < -0.39 is 11.2 Å². The number of nitrogens with one attached hydrogen (secondary N) is 2. The van der Waals surface area contributed by atoms with Crippen LogP contribution in [-0.2, 0) is 0 Å². The molecule has 4 N–H and O–H groups in total. The number of rotatable bonds is 8. The van der Waals surface area contributed by atoms with Crippen molar-refractivity contribution >= 4 is 23.4 Å². The molecule has 1 aromatic rings. The molecule has 6 nitrogen and oxygen atoms in total. The standard InChI is InChI=1S/C16H25ClN4O2/c17-12-11-20-14(19-10-8-16(23)5-2-6-16)21-13(12)18-9-7-15(22)3-1-4-15/h11,22-23H,1-10H2,(H2,18,19,20,21). The van der Waals surface area contributed by atoms with Crippen molar-refractivity contribution in [3.63, 3.8) is 0 Å². The Balaban J connectivity index is 1.47. The monoisotopic (exact) mass is 340 g/mol. The molecule has 0 bridgehead atoms. The second-order valence-corrected chi connectivity index (χ2v) is 7.31. The Morgan fingerprint density at radius 1 is 1.00 bits per heavy atom. The minimum atomic E-state index is -0.508. The Hall–Kier alpha value is -1.11. The summed E-state index contributed by atoms with van der Waals surface area (Å²) in [5, 5.41) is 26.9. The van der Waals surface area contributed by atoms with Crippen LogP contribution in [0.3, 0.4) is 0 Å². The lowest BCUT2D eigenvalue weighted by atomic mass is 9.78. The predicted octanol–water partition coefficient (Wildman–Crippen LogP) is 2.56. The van der Waals surface area contributed by atoms with E-state index in [1.807, 2.05) is 0 Å². The Morgan fingerprint density at radius 3 is 2.09 bits per heavy atom.